The van der Waals surface area contributed by atoms with E-state index in [4.69, 9.17) is 13.9 Å². The predicted octanol–water partition coefficient (Wildman–Crippen LogP) is 2.69. The largest absolute Gasteiger partial charge is 0.497 e. The Labute approximate surface area is 111 Å². The molecule has 0 saturated carbocycles. The van der Waals surface area contributed by atoms with Crippen LogP contribution in [0.1, 0.15) is 27.7 Å². The van der Waals surface area contributed by atoms with Gasteiger partial charge in [-0.1, -0.05) is 0 Å². The van der Waals surface area contributed by atoms with Crippen molar-refractivity contribution in [1.29, 1.82) is 0 Å². The number of carbonyl (C=O) groups excluding carboxylic acids is 1. The second kappa shape index (κ2) is 5.56. The van der Waals surface area contributed by atoms with Crippen LogP contribution >= 0.6 is 0 Å². The molecule has 2 rings (SSSR count). The standard InChI is InChI=1S/C14H15NO4/c1-9-10(2)19-14(15-9)8-18-13-5-4-12(17-3)6-11(13)7-16/h4-7H,8H2,1-3H3. The molecule has 0 fully saturated rings. The van der Waals surface area contributed by atoms with Crippen molar-refractivity contribution in [3.63, 3.8) is 0 Å². The van der Waals surface area contributed by atoms with Crippen molar-refractivity contribution in [1.82, 2.24) is 4.98 Å². The molecule has 1 aromatic heterocycles. The summed E-state index contributed by atoms with van der Waals surface area (Å²) in [4.78, 5) is 15.2. The second-order valence-electron chi connectivity index (χ2n) is 4.06. The molecule has 0 aliphatic rings. The minimum Gasteiger partial charge on any atom is -0.497 e. The van der Waals surface area contributed by atoms with Gasteiger partial charge in [-0.2, -0.15) is 0 Å². The molecule has 0 N–H and O–H groups in total. The van der Waals surface area contributed by atoms with E-state index in [1.807, 2.05) is 13.8 Å². The average Bonchev–Trinajstić information content (AvgIpc) is 2.75. The van der Waals surface area contributed by atoms with Gasteiger partial charge in [-0.05, 0) is 32.0 Å². The number of hydrogen-bond acceptors (Lipinski definition) is 5. The maximum absolute atomic E-state index is 11.0. The van der Waals surface area contributed by atoms with Crippen molar-refractivity contribution >= 4 is 6.29 Å². The molecule has 5 heteroatoms. The van der Waals surface area contributed by atoms with Gasteiger partial charge in [0.1, 0.15) is 17.3 Å². The Kier molecular flexibility index (Phi) is 3.85. The molecule has 2 aromatic rings. The van der Waals surface area contributed by atoms with E-state index in [0.29, 0.717) is 23.0 Å². The number of ether oxygens (including phenoxy) is 2. The van der Waals surface area contributed by atoms with E-state index in [-0.39, 0.29) is 6.61 Å². The molecule has 0 saturated heterocycles. The van der Waals surface area contributed by atoms with Gasteiger partial charge in [-0.25, -0.2) is 4.98 Å². The molecule has 0 radical (unpaired) electrons. The smallest absolute Gasteiger partial charge is 0.232 e. The number of aryl methyl sites for hydroxylation is 2. The second-order valence-corrected chi connectivity index (χ2v) is 4.06. The first-order chi connectivity index (χ1) is 9.13. The monoisotopic (exact) mass is 261 g/mol. The Hall–Kier alpha value is -2.30. The van der Waals surface area contributed by atoms with Crippen LogP contribution in [0, 0.1) is 13.8 Å². The van der Waals surface area contributed by atoms with E-state index in [2.05, 4.69) is 4.98 Å². The minimum atomic E-state index is 0.182. The summed E-state index contributed by atoms with van der Waals surface area (Å²) in [6.07, 6.45) is 0.726. The third-order valence-corrected chi connectivity index (χ3v) is 2.77. The molecule has 0 spiro atoms. The first-order valence-corrected chi connectivity index (χ1v) is 5.83. The van der Waals surface area contributed by atoms with Gasteiger partial charge in [0.2, 0.25) is 5.89 Å². The molecule has 19 heavy (non-hydrogen) atoms. The van der Waals surface area contributed by atoms with Crippen LogP contribution in [0.5, 0.6) is 11.5 Å². The van der Waals surface area contributed by atoms with Crippen LogP contribution in [0.25, 0.3) is 0 Å². The number of rotatable bonds is 5. The quantitative estimate of drug-likeness (QED) is 0.774. The highest BCUT2D eigenvalue weighted by Gasteiger charge is 2.09. The Morgan fingerprint density at radius 1 is 1.37 bits per heavy atom. The molecule has 0 amide bonds. The summed E-state index contributed by atoms with van der Waals surface area (Å²) < 4.78 is 16.0. The van der Waals surface area contributed by atoms with Gasteiger partial charge in [0, 0.05) is 0 Å². The number of aldehydes is 1. The summed E-state index contributed by atoms with van der Waals surface area (Å²) in [5.41, 5.74) is 1.27. The van der Waals surface area contributed by atoms with Gasteiger partial charge in [0.25, 0.3) is 0 Å². The zero-order valence-corrected chi connectivity index (χ0v) is 11.1. The lowest BCUT2D eigenvalue weighted by molar-refractivity contribution is 0.111. The van der Waals surface area contributed by atoms with Gasteiger partial charge < -0.3 is 13.9 Å². The van der Waals surface area contributed by atoms with Crippen LogP contribution in [-0.2, 0) is 6.61 Å². The number of benzene rings is 1. The van der Waals surface area contributed by atoms with E-state index >= 15 is 0 Å². The van der Waals surface area contributed by atoms with Crippen molar-refractivity contribution in [2.45, 2.75) is 20.5 Å². The molecule has 1 aromatic carbocycles. The van der Waals surface area contributed by atoms with Gasteiger partial charge in [0.15, 0.2) is 12.9 Å². The van der Waals surface area contributed by atoms with E-state index in [1.165, 1.54) is 0 Å². The topological polar surface area (TPSA) is 61.6 Å². The third kappa shape index (κ3) is 2.93. The molecular formula is C14H15NO4. The molecule has 0 atom stereocenters. The highest BCUT2D eigenvalue weighted by Crippen LogP contribution is 2.23. The SMILES string of the molecule is COc1ccc(OCc2nc(C)c(C)o2)c(C=O)c1. The van der Waals surface area contributed by atoms with Crippen LogP contribution in [0.4, 0.5) is 0 Å². The first-order valence-electron chi connectivity index (χ1n) is 5.83. The lowest BCUT2D eigenvalue weighted by atomic mass is 10.2. The first kappa shape index (κ1) is 13.1. The van der Waals surface area contributed by atoms with Gasteiger partial charge in [0.05, 0.1) is 18.4 Å². The number of nitrogens with zero attached hydrogens (tertiary/aromatic N) is 1. The molecule has 1 heterocycles. The van der Waals surface area contributed by atoms with Crippen LogP contribution < -0.4 is 9.47 Å². The lowest BCUT2D eigenvalue weighted by Crippen LogP contribution is -1.99. The van der Waals surface area contributed by atoms with E-state index in [9.17, 15) is 4.79 Å². The molecule has 0 unspecified atom stereocenters. The van der Waals surface area contributed by atoms with Crippen LogP contribution in [0.3, 0.4) is 0 Å². The lowest BCUT2D eigenvalue weighted by Gasteiger charge is -2.07. The maximum atomic E-state index is 11.0. The number of methoxy groups -OCH3 is 1. The van der Waals surface area contributed by atoms with Crippen molar-refractivity contribution in [3.05, 3.63) is 41.1 Å². The fraction of sp³-hybridized carbons (Fsp3) is 0.286. The summed E-state index contributed by atoms with van der Waals surface area (Å²) in [5, 5.41) is 0. The Morgan fingerprint density at radius 2 is 2.16 bits per heavy atom. The van der Waals surface area contributed by atoms with E-state index < -0.39 is 0 Å². The molecule has 5 nitrogen and oxygen atoms in total. The zero-order chi connectivity index (χ0) is 13.8. The van der Waals surface area contributed by atoms with Crippen LogP contribution in [0.2, 0.25) is 0 Å². The van der Waals surface area contributed by atoms with Crippen molar-refractivity contribution in [3.8, 4) is 11.5 Å². The molecule has 100 valence electrons. The van der Waals surface area contributed by atoms with E-state index in [0.717, 1.165) is 17.7 Å². The third-order valence-electron chi connectivity index (χ3n) is 2.77. The highest BCUT2D eigenvalue weighted by molar-refractivity contribution is 5.80. The molecule has 0 aliphatic carbocycles. The Balaban J connectivity index is 2.12. The number of oxazole rings is 1. The predicted molar refractivity (Wildman–Crippen MR) is 68.7 cm³/mol. The Bertz CT molecular complexity index is 570. The van der Waals surface area contributed by atoms with E-state index in [1.54, 1.807) is 25.3 Å². The Morgan fingerprint density at radius 3 is 2.74 bits per heavy atom. The maximum Gasteiger partial charge on any atom is 0.232 e. The summed E-state index contributed by atoms with van der Waals surface area (Å²) >= 11 is 0. The molecule has 0 aliphatic heterocycles. The number of aromatic nitrogens is 1. The van der Waals surface area contributed by atoms with Crippen molar-refractivity contribution in [2.75, 3.05) is 7.11 Å². The van der Waals surface area contributed by atoms with Crippen LogP contribution in [0.15, 0.2) is 22.6 Å². The zero-order valence-electron chi connectivity index (χ0n) is 11.1. The summed E-state index contributed by atoms with van der Waals surface area (Å²) in [7, 11) is 1.54. The number of carbonyl (C=O) groups is 1. The van der Waals surface area contributed by atoms with Gasteiger partial charge in [-0.3, -0.25) is 4.79 Å². The summed E-state index contributed by atoms with van der Waals surface area (Å²) in [6, 6.07) is 5.04. The van der Waals surface area contributed by atoms with Gasteiger partial charge in [-0.15, -0.1) is 0 Å². The summed E-state index contributed by atoms with van der Waals surface area (Å²) in [5.74, 6) is 2.34. The minimum absolute atomic E-state index is 0.182. The number of hydrogen-bond donors (Lipinski definition) is 0. The molecule has 0 bridgehead atoms. The van der Waals surface area contributed by atoms with Crippen LogP contribution in [-0.4, -0.2) is 18.4 Å². The van der Waals surface area contributed by atoms with Crippen molar-refractivity contribution < 1.29 is 18.7 Å². The molecular weight excluding hydrogens is 246 g/mol. The highest BCUT2D eigenvalue weighted by atomic mass is 16.5. The van der Waals surface area contributed by atoms with Crippen molar-refractivity contribution in [2.24, 2.45) is 0 Å². The fourth-order valence-electron chi connectivity index (χ4n) is 1.62. The van der Waals surface area contributed by atoms with Gasteiger partial charge >= 0.3 is 0 Å². The normalized spacial score (nSPS) is 10.3. The average molecular weight is 261 g/mol. The fourth-order valence-corrected chi connectivity index (χ4v) is 1.62. The summed E-state index contributed by atoms with van der Waals surface area (Å²) in [6.45, 7) is 3.89.